The fourth-order valence-corrected chi connectivity index (χ4v) is 3.43. The Morgan fingerprint density at radius 2 is 1.66 bits per heavy atom. The van der Waals surface area contributed by atoms with Gasteiger partial charge in [-0.05, 0) is 24.6 Å². The molecule has 2 aromatic carbocycles. The highest BCUT2D eigenvalue weighted by atomic mass is 16.5. The van der Waals surface area contributed by atoms with E-state index in [0.29, 0.717) is 17.8 Å². The van der Waals surface area contributed by atoms with Gasteiger partial charge in [0, 0.05) is 18.8 Å². The number of nitrogens with zero attached hydrogens (tertiary/aromatic N) is 1. The lowest BCUT2D eigenvalue weighted by molar-refractivity contribution is -0.139. The number of hydrogen-bond donors (Lipinski definition) is 2. The summed E-state index contributed by atoms with van der Waals surface area (Å²) in [6.45, 7) is 6.04. The van der Waals surface area contributed by atoms with E-state index in [1.807, 2.05) is 48.5 Å². The number of ether oxygens (including phenoxy) is 1. The first-order valence-corrected chi connectivity index (χ1v) is 9.91. The number of carbonyl (C=O) groups is 2. The number of benzene rings is 2. The Balaban J connectivity index is 1.95. The van der Waals surface area contributed by atoms with E-state index < -0.39 is 12.0 Å². The molecule has 0 saturated heterocycles. The van der Waals surface area contributed by atoms with E-state index in [1.54, 1.807) is 6.92 Å². The summed E-state index contributed by atoms with van der Waals surface area (Å²) in [6.07, 6.45) is 0. The second-order valence-electron chi connectivity index (χ2n) is 6.84. The van der Waals surface area contributed by atoms with Gasteiger partial charge in [0.25, 0.3) is 0 Å². The highest BCUT2D eigenvalue weighted by molar-refractivity contribution is 5.95. The summed E-state index contributed by atoms with van der Waals surface area (Å²) >= 11 is 0. The third-order valence-electron chi connectivity index (χ3n) is 4.86. The van der Waals surface area contributed by atoms with Crippen molar-refractivity contribution < 1.29 is 14.3 Å². The van der Waals surface area contributed by atoms with Gasteiger partial charge >= 0.3 is 12.0 Å². The van der Waals surface area contributed by atoms with Crippen molar-refractivity contribution in [3.63, 3.8) is 0 Å². The molecule has 29 heavy (non-hydrogen) atoms. The maximum Gasteiger partial charge on any atom is 0.338 e. The van der Waals surface area contributed by atoms with Crippen LogP contribution in [0.1, 0.15) is 31.0 Å². The number of nitrogens with one attached hydrogen (secondary N) is 2. The van der Waals surface area contributed by atoms with Crippen LogP contribution in [0.25, 0.3) is 0 Å². The van der Waals surface area contributed by atoms with Gasteiger partial charge in [-0.1, -0.05) is 67.6 Å². The van der Waals surface area contributed by atoms with Crippen LogP contribution in [-0.4, -0.2) is 36.6 Å². The minimum atomic E-state index is -0.547. The third-order valence-corrected chi connectivity index (χ3v) is 4.86. The average molecular weight is 393 g/mol. The lowest BCUT2D eigenvalue weighted by Gasteiger charge is -2.32. The Labute approximate surface area is 171 Å². The molecule has 6 nitrogen and oxygen atoms in total. The van der Waals surface area contributed by atoms with Gasteiger partial charge in [0.05, 0.1) is 18.2 Å². The summed E-state index contributed by atoms with van der Waals surface area (Å²) < 4.78 is 5.33. The number of esters is 1. The predicted octanol–water partition coefficient (Wildman–Crippen LogP) is 3.38. The first-order valence-electron chi connectivity index (χ1n) is 9.91. The normalized spacial score (nSPS) is 16.4. The SMILES string of the molecule is CCOC(=O)C1=C(CN(CC)Cc2ccccc2)NC(=O)NC1c1ccccc1. The van der Waals surface area contributed by atoms with Gasteiger partial charge in [0.2, 0.25) is 0 Å². The van der Waals surface area contributed by atoms with Gasteiger partial charge in [0.1, 0.15) is 0 Å². The molecule has 0 fully saturated rings. The Bertz CT molecular complexity index is 865. The summed E-state index contributed by atoms with van der Waals surface area (Å²) in [7, 11) is 0. The van der Waals surface area contributed by atoms with E-state index in [-0.39, 0.29) is 12.6 Å². The van der Waals surface area contributed by atoms with Gasteiger partial charge in [0.15, 0.2) is 0 Å². The van der Waals surface area contributed by atoms with Gasteiger partial charge in [-0.25, -0.2) is 9.59 Å². The molecule has 152 valence electrons. The van der Waals surface area contributed by atoms with E-state index >= 15 is 0 Å². The lowest BCUT2D eigenvalue weighted by Crippen LogP contribution is -2.48. The smallest absolute Gasteiger partial charge is 0.338 e. The van der Waals surface area contributed by atoms with Crippen LogP contribution in [0.3, 0.4) is 0 Å². The molecule has 2 amide bonds. The monoisotopic (exact) mass is 393 g/mol. The van der Waals surface area contributed by atoms with Crippen LogP contribution < -0.4 is 10.6 Å². The quantitative estimate of drug-likeness (QED) is 0.675. The molecule has 0 aliphatic carbocycles. The molecule has 0 aromatic heterocycles. The van der Waals surface area contributed by atoms with Crippen LogP contribution in [0.4, 0.5) is 4.79 Å². The minimum Gasteiger partial charge on any atom is -0.463 e. The van der Waals surface area contributed by atoms with Crippen molar-refractivity contribution in [1.29, 1.82) is 0 Å². The van der Waals surface area contributed by atoms with Crippen molar-refractivity contribution in [3.05, 3.63) is 83.1 Å². The van der Waals surface area contributed by atoms with Crippen LogP contribution in [-0.2, 0) is 16.1 Å². The van der Waals surface area contributed by atoms with E-state index in [2.05, 4.69) is 34.6 Å². The highest BCUT2D eigenvalue weighted by Gasteiger charge is 2.34. The fraction of sp³-hybridized carbons (Fsp3) is 0.304. The second-order valence-corrected chi connectivity index (χ2v) is 6.84. The number of carbonyl (C=O) groups excluding carboxylic acids is 2. The lowest BCUT2D eigenvalue weighted by atomic mass is 9.95. The Morgan fingerprint density at radius 3 is 2.28 bits per heavy atom. The maximum absolute atomic E-state index is 12.8. The summed E-state index contributed by atoms with van der Waals surface area (Å²) in [4.78, 5) is 27.4. The van der Waals surface area contributed by atoms with Gasteiger partial charge in [-0.3, -0.25) is 4.90 Å². The zero-order chi connectivity index (χ0) is 20.6. The standard InChI is InChI=1S/C23H27N3O3/c1-3-26(15-17-11-7-5-8-12-17)16-19-20(22(27)29-4-2)21(25-23(28)24-19)18-13-9-6-10-14-18/h5-14,21H,3-4,15-16H2,1-2H3,(H2,24,25,28). The zero-order valence-electron chi connectivity index (χ0n) is 16.9. The molecule has 2 N–H and O–H groups in total. The van der Waals surface area contributed by atoms with Crippen molar-refractivity contribution in [2.24, 2.45) is 0 Å². The van der Waals surface area contributed by atoms with Crippen molar-refractivity contribution in [3.8, 4) is 0 Å². The summed E-state index contributed by atoms with van der Waals surface area (Å²) in [5.74, 6) is -0.417. The molecule has 6 heteroatoms. The number of amides is 2. The molecule has 0 spiro atoms. The predicted molar refractivity (Wildman–Crippen MR) is 112 cm³/mol. The van der Waals surface area contributed by atoms with Gasteiger partial charge in [-0.2, -0.15) is 0 Å². The molecule has 2 aromatic rings. The minimum absolute atomic E-state index is 0.270. The average Bonchev–Trinajstić information content (AvgIpc) is 2.74. The number of urea groups is 1. The summed E-state index contributed by atoms with van der Waals surface area (Å²) in [5, 5.41) is 5.71. The Kier molecular flexibility index (Phi) is 7.03. The van der Waals surface area contributed by atoms with E-state index in [0.717, 1.165) is 18.7 Å². The fourth-order valence-electron chi connectivity index (χ4n) is 3.43. The van der Waals surface area contributed by atoms with Crippen LogP contribution in [0.2, 0.25) is 0 Å². The molecule has 0 saturated carbocycles. The van der Waals surface area contributed by atoms with Crippen LogP contribution >= 0.6 is 0 Å². The van der Waals surface area contributed by atoms with Crippen LogP contribution in [0.5, 0.6) is 0 Å². The highest BCUT2D eigenvalue weighted by Crippen LogP contribution is 2.28. The van der Waals surface area contributed by atoms with Crippen LogP contribution in [0, 0.1) is 0 Å². The molecule has 0 bridgehead atoms. The molecule has 3 rings (SSSR count). The molecule has 1 heterocycles. The van der Waals surface area contributed by atoms with Gasteiger partial charge in [-0.15, -0.1) is 0 Å². The van der Waals surface area contributed by atoms with Crippen molar-refractivity contribution >= 4 is 12.0 Å². The first-order chi connectivity index (χ1) is 14.1. The van der Waals surface area contributed by atoms with Crippen molar-refractivity contribution in [2.45, 2.75) is 26.4 Å². The molecule has 0 radical (unpaired) electrons. The van der Waals surface area contributed by atoms with E-state index in [1.165, 1.54) is 5.56 Å². The molecule has 1 atom stereocenters. The Hall–Kier alpha value is -3.12. The molecule has 1 aliphatic rings. The van der Waals surface area contributed by atoms with Gasteiger partial charge < -0.3 is 15.4 Å². The molecular weight excluding hydrogens is 366 g/mol. The molecular formula is C23H27N3O3. The molecule has 1 aliphatic heterocycles. The topological polar surface area (TPSA) is 70.7 Å². The molecule has 1 unspecified atom stereocenters. The third kappa shape index (κ3) is 5.23. The first kappa shape index (κ1) is 20.6. The number of rotatable bonds is 8. The number of likely N-dealkylation sites (N-methyl/N-ethyl adjacent to an activating group) is 1. The Morgan fingerprint density at radius 1 is 1.00 bits per heavy atom. The number of hydrogen-bond acceptors (Lipinski definition) is 4. The van der Waals surface area contributed by atoms with E-state index in [4.69, 9.17) is 4.74 Å². The summed E-state index contributed by atoms with van der Waals surface area (Å²) in [5.41, 5.74) is 3.05. The largest absolute Gasteiger partial charge is 0.463 e. The second kappa shape index (κ2) is 9.89. The van der Waals surface area contributed by atoms with Crippen molar-refractivity contribution in [2.75, 3.05) is 19.7 Å². The summed E-state index contributed by atoms with van der Waals surface area (Å²) in [6, 6.07) is 18.7. The van der Waals surface area contributed by atoms with E-state index in [9.17, 15) is 9.59 Å². The van der Waals surface area contributed by atoms with Crippen LogP contribution in [0.15, 0.2) is 71.9 Å². The van der Waals surface area contributed by atoms with Crippen molar-refractivity contribution in [1.82, 2.24) is 15.5 Å². The zero-order valence-corrected chi connectivity index (χ0v) is 16.9. The maximum atomic E-state index is 12.8.